The molecule has 0 spiro atoms. The van der Waals surface area contributed by atoms with Crippen LogP contribution < -0.4 is 0 Å². The van der Waals surface area contributed by atoms with Crippen molar-refractivity contribution in [2.75, 3.05) is 0 Å². The average Bonchev–Trinajstić information content (AvgIpc) is 2.68. The third-order valence-corrected chi connectivity index (χ3v) is 3.83. The molecule has 0 saturated carbocycles. The van der Waals surface area contributed by atoms with Gasteiger partial charge in [-0.3, -0.25) is 4.79 Å². The van der Waals surface area contributed by atoms with E-state index in [0.29, 0.717) is 10.0 Å². The van der Waals surface area contributed by atoms with Crippen LogP contribution in [-0.2, 0) is 6.42 Å². The molecule has 2 aromatic rings. The quantitative estimate of drug-likeness (QED) is 0.807. The zero-order valence-electron chi connectivity index (χ0n) is 9.04. The molecule has 1 aromatic carbocycles. The highest BCUT2D eigenvalue weighted by molar-refractivity contribution is 9.10. The van der Waals surface area contributed by atoms with Gasteiger partial charge in [0.1, 0.15) is 10.8 Å². The normalized spacial score (nSPS) is 10.5. The van der Waals surface area contributed by atoms with Crippen LogP contribution in [0.25, 0.3) is 0 Å². The summed E-state index contributed by atoms with van der Waals surface area (Å²) in [7, 11) is 0. The first-order chi connectivity index (χ1) is 8.06. The maximum atomic E-state index is 13.3. The zero-order chi connectivity index (χ0) is 12.4. The van der Waals surface area contributed by atoms with E-state index in [0.717, 1.165) is 10.7 Å². The van der Waals surface area contributed by atoms with Crippen molar-refractivity contribution in [1.82, 2.24) is 4.98 Å². The lowest BCUT2D eigenvalue weighted by Crippen LogP contribution is -2.03. The molecule has 0 fully saturated rings. The van der Waals surface area contributed by atoms with Crippen LogP contribution in [-0.4, -0.2) is 10.8 Å². The maximum Gasteiger partial charge on any atom is 0.169 e. The molecule has 0 aliphatic heterocycles. The number of Topliss-reactive ketones (excluding diaryl/α,β-unsaturated/α-hetero) is 1. The van der Waals surface area contributed by atoms with Gasteiger partial charge in [0.25, 0.3) is 0 Å². The van der Waals surface area contributed by atoms with Gasteiger partial charge < -0.3 is 0 Å². The third-order valence-electron chi connectivity index (χ3n) is 2.22. The molecule has 1 heterocycles. The number of rotatable bonds is 3. The number of nitrogens with zero attached hydrogens (tertiary/aromatic N) is 1. The van der Waals surface area contributed by atoms with Crippen molar-refractivity contribution in [3.05, 3.63) is 50.1 Å². The summed E-state index contributed by atoms with van der Waals surface area (Å²) in [6.45, 7) is 1.88. The lowest BCUT2D eigenvalue weighted by Gasteiger charge is -2.00. The van der Waals surface area contributed by atoms with Crippen LogP contribution in [0.3, 0.4) is 0 Å². The second kappa shape index (κ2) is 5.06. The molecule has 0 saturated heterocycles. The van der Waals surface area contributed by atoms with Gasteiger partial charge in [0.05, 0.1) is 10.9 Å². The van der Waals surface area contributed by atoms with E-state index in [-0.39, 0.29) is 12.2 Å². The number of carbonyl (C=O) groups is 1. The summed E-state index contributed by atoms with van der Waals surface area (Å²) in [5.74, 6) is -0.545. The predicted molar refractivity (Wildman–Crippen MR) is 69.0 cm³/mol. The van der Waals surface area contributed by atoms with Crippen LogP contribution in [0.1, 0.15) is 21.1 Å². The van der Waals surface area contributed by atoms with Gasteiger partial charge in [-0.15, -0.1) is 11.3 Å². The molecular formula is C12H9BrFNOS. The van der Waals surface area contributed by atoms with Crippen molar-refractivity contribution in [3.8, 4) is 0 Å². The largest absolute Gasteiger partial charge is 0.294 e. The minimum absolute atomic E-state index is 0.120. The average molecular weight is 314 g/mol. The summed E-state index contributed by atoms with van der Waals surface area (Å²) in [5.41, 5.74) is 1.28. The van der Waals surface area contributed by atoms with E-state index < -0.39 is 5.82 Å². The van der Waals surface area contributed by atoms with Gasteiger partial charge in [-0.05, 0) is 35.0 Å². The highest BCUT2D eigenvalue weighted by atomic mass is 79.9. The summed E-state index contributed by atoms with van der Waals surface area (Å²) in [4.78, 5) is 16.1. The summed E-state index contributed by atoms with van der Waals surface area (Å²) in [6.07, 6.45) is 0.222. The van der Waals surface area contributed by atoms with E-state index in [1.807, 2.05) is 12.3 Å². The first kappa shape index (κ1) is 12.4. The first-order valence-corrected chi connectivity index (χ1v) is 6.63. The minimum Gasteiger partial charge on any atom is -0.294 e. The molecule has 0 radical (unpaired) electrons. The van der Waals surface area contributed by atoms with E-state index in [1.54, 1.807) is 6.07 Å². The van der Waals surface area contributed by atoms with Crippen LogP contribution in [0.5, 0.6) is 0 Å². The van der Waals surface area contributed by atoms with Crippen LogP contribution in [0.4, 0.5) is 4.39 Å². The molecule has 5 heteroatoms. The Hall–Kier alpha value is -1.07. The number of thiazole rings is 1. The smallest absolute Gasteiger partial charge is 0.169 e. The van der Waals surface area contributed by atoms with Crippen LogP contribution in [0, 0.1) is 12.7 Å². The number of halogens is 2. The molecule has 88 valence electrons. The van der Waals surface area contributed by atoms with E-state index in [9.17, 15) is 9.18 Å². The van der Waals surface area contributed by atoms with E-state index >= 15 is 0 Å². The highest BCUT2D eigenvalue weighted by Gasteiger charge is 2.11. The lowest BCUT2D eigenvalue weighted by molar-refractivity contribution is 0.0992. The molecule has 0 aliphatic carbocycles. The summed E-state index contributed by atoms with van der Waals surface area (Å²) in [5, 5.41) is 2.65. The third kappa shape index (κ3) is 2.98. The molecule has 0 bridgehead atoms. The number of aryl methyl sites for hydroxylation is 1. The summed E-state index contributed by atoms with van der Waals surface area (Å²) >= 11 is 4.50. The summed E-state index contributed by atoms with van der Waals surface area (Å²) < 4.78 is 13.6. The molecule has 17 heavy (non-hydrogen) atoms. The molecule has 0 atom stereocenters. The highest BCUT2D eigenvalue weighted by Crippen LogP contribution is 2.18. The second-order valence-corrected chi connectivity index (χ2v) is 5.41. The van der Waals surface area contributed by atoms with Crippen molar-refractivity contribution in [2.24, 2.45) is 0 Å². The van der Waals surface area contributed by atoms with Gasteiger partial charge in [0.15, 0.2) is 5.78 Å². The summed E-state index contributed by atoms with van der Waals surface area (Å²) in [6, 6.07) is 4.39. The number of hydrogen-bond acceptors (Lipinski definition) is 3. The fraction of sp³-hybridized carbons (Fsp3) is 0.167. The molecule has 2 rings (SSSR count). The lowest BCUT2D eigenvalue weighted by atomic mass is 10.1. The number of benzene rings is 1. The molecule has 0 unspecified atom stereocenters. The molecular weight excluding hydrogens is 305 g/mol. The Bertz CT molecular complexity index is 567. The van der Waals surface area contributed by atoms with Crippen molar-refractivity contribution < 1.29 is 9.18 Å². The van der Waals surface area contributed by atoms with Gasteiger partial charge in [-0.25, -0.2) is 9.37 Å². The Balaban J connectivity index is 2.17. The number of hydrogen-bond donors (Lipinski definition) is 0. The number of aromatic nitrogens is 1. The van der Waals surface area contributed by atoms with Crippen molar-refractivity contribution in [3.63, 3.8) is 0 Å². The van der Waals surface area contributed by atoms with Gasteiger partial charge in [-0.1, -0.05) is 6.07 Å². The van der Waals surface area contributed by atoms with Crippen LogP contribution in [0.15, 0.2) is 28.1 Å². The van der Waals surface area contributed by atoms with Crippen molar-refractivity contribution in [2.45, 2.75) is 13.3 Å². The Morgan fingerprint density at radius 1 is 1.53 bits per heavy atom. The number of carbonyl (C=O) groups excluding carboxylic acids is 1. The predicted octanol–water partition coefficient (Wildman–Crippen LogP) is 3.78. The molecule has 0 aliphatic rings. The van der Waals surface area contributed by atoms with Crippen molar-refractivity contribution in [1.29, 1.82) is 0 Å². The topological polar surface area (TPSA) is 30.0 Å². The van der Waals surface area contributed by atoms with Crippen molar-refractivity contribution >= 4 is 33.0 Å². The van der Waals surface area contributed by atoms with E-state index in [4.69, 9.17) is 0 Å². The van der Waals surface area contributed by atoms with Gasteiger partial charge in [0, 0.05) is 16.6 Å². The minimum atomic E-state index is -0.425. The number of ketones is 1. The monoisotopic (exact) mass is 313 g/mol. The Kier molecular flexibility index (Phi) is 3.69. The molecule has 0 N–H and O–H groups in total. The SMILES string of the molecule is Cc1csc(CC(=O)c2ccc(Br)c(F)c2)n1. The van der Waals surface area contributed by atoms with Crippen LogP contribution in [0.2, 0.25) is 0 Å². The van der Waals surface area contributed by atoms with E-state index in [1.165, 1.54) is 23.5 Å². The molecule has 0 amide bonds. The fourth-order valence-electron chi connectivity index (χ4n) is 1.39. The van der Waals surface area contributed by atoms with Gasteiger partial charge in [-0.2, -0.15) is 0 Å². The maximum absolute atomic E-state index is 13.3. The van der Waals surface area contributed by atoms with E-state index in [2.05, 4.69) is 20.9 Å². The Labute approximate surface area is 111 Å². The Morgan fingerprint density at radius 3 is 2.88 bits per heavy atom. The Morgan fingerprint density at radius 2 is 2.29 bits per heavy atom. The standard InChI is InChI=1S/C12H9BrFNOS/c1-7-6-17-12(15-7)5-11(16)8-2-3-9(13)10(14)4-8/h2-4,6H,5H2,1H3. The molecule has 1 aromatic heterocycles. The fourth-order valence-corrected chi connectivity index (χ4v) is 2.41. The van der Waals surface area contributed by atoms with Gasteiger partial charge >= 0.3 is 0 Å². The first-order valence-electron chi connectivity index (χ1n) is 4.95. The van der Waals surface area contributed by atoms with Gasteiger partial charge in [0.2, 0.25) is 0 Å². The molecule has 2 nitrogen and oxygen atoms in total. The second-order valence-electron chi connectivity index (χ2n) is 3.61. The van der Waals surface area contributed by atoms with Crippen LogP contribution >= 0.6 is 27.3 Å². The zero-order valence-corrected chi connectivity index (χ0v) is 11.4.